The van der Waals surface area contributed by atoms with E-state index in [1.165, 1.54) is 0 Å². The van der Waals surface area contributed by atoms with Gasteiger partial charge in [0.1, 0.15) is 5.75 Å². The van der Waals surface area contributed by atoms with E-state index in [4.69, 9.17) is 10.5 Å². The Bertz CT molecular complexity index is 600. The molecule has 0 amide bonds. The number of rotatable bonds is 2. The molecule has 1 heterocycles. The number of hydrogen-bond donors (Lipinski definition) is 1. The van der Waals surface area contributed by atoms with Crippen LogP contribution in [-0.4, -0.2) is 4.98 Å². The van der Waals surface area contributed by atoms with Gasteiger partial charge in [-0.25, -0.2) is 4.98 Å². The average molecular weight is 372 g/mol. The molecule has 0 aliphatic rings. The third-order valence-corrected chi connectivity index (χ3v) is 3.55. The number of pyridine rings is 1. The molecule has 0 saturated heterocycles. The summed E-state index contributed by atoms with van der Waals surface area (Å²) >= 11 is 6.77. The molecule has 3 nitrogen and oxygen atoms in total. The van der Waals surface area contributed by atoms with Crippen LogP contribution in [0.15, 0.2) is 33.3 Å². The van der Waals surface area contributed by atoms with Gasteiger partial charge in [0.2, 0.25) is 5.88 Å². The van der Waals surface area contributed by atoms with Gasteiger partial charge in [-0.05, 0) is 75.0 Å². The summed E-state index contributed by atoms with van der Waals surface area (Å²) < 4.78 is 7.49. The first-order valence-corrected chi connectivity index (χ1v) is 6.91. The Morgan fingerprint density at radius 1 is 1.11 bits per heavy atom. The topological polar surface area (TPSA) is 48.1 Å². The maximum atomic E-state index is 5.85. The largest absolute Gasteiger partial charge is 0.438 e. The van der Waals surface area contributed by atoms with E-state index in [1.807, 2.05) is 32.0 Å². The normalized spacial score (nSPS) is 10.4. The smallest absolute Gasteiger partial charge is 0.233 e. The van der Waals surface area contributed by atoms with E-state index in [1.54, 1.807) is 6.20 Å². The van der Waals surface area contributed by atoms with Gasteiger partial charge < -0.3 is 10.5 Å². The van der Waals surface area contributed by atoms with E-state index in [0.29, 0.717) is 5.88 Å². The SMILES string of the molecule is Cc1cc(Oc2ncc(Br)cc2Br)c(C)cc1N. The minimum Gasteiger partial charge on any atom is -0.438 e. The lowest BCUT2D eigenvalue weighted by atomic mass is 10.1. The second-order valence-corrected chi connectivity index (χ2v) is 5.79. The van der Waals surface area contributed by atoms with E-state index >= 15 is 0 Å². The second-order valence-electron chi connectivity index (χ2n) is 4.02. The van der Waals surface area contributed by atoms with Gasteiger partial charge in [0, 0.05) is 16.4 Å². The highest BCUT2D eigenvalue weighted by Gasteiger charge is 2.09. The number of anilines is 1. The maximum Gasteiger partial charge on any atom is 0.233 e. The molecule has 0 saturated carbocycles. The Morgan fingerprint density at radius 3 is 2.50 bits per heavy atom. The van der Waals surface area contributed by atoms with Crippen LogP contribution in [0.2, 0.25) is 0 Å². The Kier molecular flexibility index (Phi) is 3.92. The van der Waals surface area contributed by atoms with Crippen molar-refractivity contribution in [3.8, 4) is 11.6 Å². The highest BCUT2D eigenvalue weighted by molar-refractivity contribution is 9.11. The van der Waals surface area contributed by atoms with Gasteiger partial charge in [-0.2, -0.15) is 0 Å². The van der Waals surface area contributed by atoms with E-state index in [2.05, 4.69) is 36.8 Å². The Morgan fingerprint density at radius 2 is 1.83 bits per heavy atom. The first kappa shape index (κ1) is 13.4. The molecule has 0 aliphatic heterocycles. The molecular formula is C13H12Br2N2O. The number of nitrogen functional groups attached to an aromatic ring is 1. The first-order valence-electron chi connectivity index (χ1n) is 5.33. The molecule has 18 heavy (non-hydrogen) atoms. The van der Waals surface area contributed by atoms with Crippen LogP contribution in [0.5, 0.6) is 11.6 Å². The molecule has 0 aliphatic carbocycles. The Balaban J connectivity index is 2.37. The number of hydrogen-bond acceptors (Lipinski definition) is 3. The maximum absolute atomic E-state index is 5.85. The quantitative estimate of drug-likeness (QED) is 0.785. The summed E-state index contributed by atoms with van der Waals surface area (Å²) in [7, 11) is 0. The van der Waals surface area contributed by atoms with Crippen molar-refractivity contribution < 1.29 is 4.74 Å². The predicted molar refractivity (Wildman–Crippen MR) is 80.0 cm³/mol. The molecule has 2 N–H and O–H groups in total. The minimum atomic E-state index is 0.533. The number of nitrogens with two attached hydrogens (primary N) is 1. The van der Waals surface area contributed by atoms with Crippen LogP contribution in [0.3, 0.4) is 0 Å². The lowest BCUT2D eigenvalue weighted by Crippen LogP contribution is -1.95. The van der Waals surface area contributed by atoms with E-state index in [9.17, 15) is 0 Å². The number of halogens is 2. The van der Waals surface area contributed by atoms with Crippen molar-refractivity contribution in [3.05, 3.63) is 44.5 Å². The minimum absolute atomic E-state index is 0.533. The number of benzene rings is 1. The summed E-state index contributed by atoms with van der Waals surface area (Å²) in [6.45, 7) is 3.91. The van der Waals surface area contributed by atoms with Crippen LogP contribution in [0, 0.1) is 13.8 Å². The molecule has 2 rings (SSSR count). The van der Waals surface area contributed by atoms with Crippen molar-refractivity contribution in [2.75, 3.05) is 5.73 Å². The molecule has 0 unspecified atom stereocenters. The van der Waals surface area contributed by atoms with Crippen molar-refractivity contribution in [2.45, 2.75) is 13.8 Å². The molecule has 0 radical (unpaired) electrons. The second kappa shape index (κ2) is 5.28. The summed E-state index contributed by atoms with van der Waals surface area (Å²) in [5, 5.41) is 0. The van der Waals surface area contributed by atoms with E-state index in [-0.39, 0.29) is 0 Å². The van der Waals surface area contributed by atoms with Crippen LogP contribution in [0.25, 0.3) is 0 Å². The summed E-state index contributed by atoms with van der Waals surface area (Å²) in [5.74, 6) is 1.29. The zero-order chi connectivity index (χ0) is 13.3. The number of aryl methyl sites for hydroxylation is 2. The van der Waals surface area contributed by atoms with E-state index in [0.717, 1.165) is 31.5 Å². The molecular weight excluding hydrogens is 360 g/mol. The Hall–Kier alpha value is -1.07. The molecule has 2 aromatic rings. The van der Waals surface area contributed by atoms with Crippen LogP contribution >= 0.6 is 31.9 Å². The van der Waals surface area contributed by atoms with Gasteiger partial charge in [-0.3, -0.25) is 0 Å². The average Bonchev–Trinajstić information content (AvgIpc) is 2.29. The van der Waals surface area contributed by atoms with Crippen LogP contribution < -0.4 is 10.5 Å². The fourth-order valence-corrected chi connectivity index (χ4v) is 2.57. The molecule has 0 spiro atoms. The highest BCUT2D eigenvalue weighted by atomic mass is 79.9. The summed E-state index contributed by atoms with van der Waals surface area (Å²) in [6, 6.07) is 5.71. The molecule has 0 bridgehead atoms. The highest BCUT2D eigenvalue weighted by Crippen LogP contribution is 2.32. The fraction of sp³-hybridized carbons (Fsp3) is 0.154. The van der Waals surface area contributed by atoms with Crippen molar-refractivity contribution in [2.24, 2.45) is 0 Å². The number of aromatic nitrogens is 1. The molecule has 0 fully saturated rings. The number of ether oxygens (including phenoxy) is 1. The summed E-state index contributed by atoms with van der Waals surface area (Å²) in [4.78, 5) is 4.22. The first-order chi connectivity index (χ1) is 8.47. The predicted octanol–water partition coefficient (Wildman–Crippen LogP) is 4.60. The van der Waals surface area contributed by atoms with Crippen LogP contribution in [0.4, 0.5) is 5.69 Å². The van der Waals surface area contributed by atoms with Gasteiger partial charge in [-0.1, -0.05) is 0 Å². The van der Waals surface area contributed by atoms with Crippen molar-refractivity contribution in [1.82, 2.24) is 4.98 Å². The third-order valence-electron chi connectivity index (χ3n) is 2.54. The van der Waals surface area contributed by atoms with Gasteiger partial charge in [0.25, 0.3) is 0 Å². The third kappa shape index (κ3) is 2.84. The van der Waals surface area contributed by atoms with Crippen molar-refractivity contribution >= 4 is 37.5 Å². The molecule has 0 atom stereocenters. The molecule has 1 aromatic heterocycles. The van der Waals surface area contributed by atoms with Crippen molar-refractivity contribution in [3.63, 3.8) is 0 Å². The standard InChI is InChI=1S/C13H12Br2N2O/c1-7-4-12(8(2)3-11(7)16)18-13-10(15)5-9(14)6-17-13/h3-6H,16H2,1-2H3. The fourth-order valence-electron chi connectivity index (χ4n) is 1.50. The lowest BCUT2D eigenvalue weighted by molar-refractivity contribution is 0.456. The molecule has 1 aromatic carbocycles. The number of nitrogens with zero attached hydrogens (tertiary/aromatic N) is 1. The molecule has 94 valence electrons. The zero-order valence-electron chi connectivity index (χ0n) is 10.00. The Labute approximate surface area is 123 Å². The van der Waals surface area contributed by atoms with Gasteiger partial charge in [0.15, 0.2) is 0 Å². The molecule has 5 heteroatoms. The zero-order valence-corrected chi connectivity index (χ0v) is 13.2. The summed E-state index contributed by atoms with van der Waals surface area (Å²) in [6.07, 6.45) is 1.69. The van der Waals surface area contributed by atoms with Gasteiger partial charge in [0.05, 0.1) is 4.47 Å². The van der Waals surface area contributed by atoms with Crippen LogP contribution in [0.1, 0.15) is 11.1 Å². The van der Waals surface area contributed by atoms with Gasteiger partial charge in [-0.15, -0.1) is 0 Å². The van der Waals surface area contributed by atoms with Crippen molar-refractivity contribution in [1.29, 1.82) is 0 Å². The van der Waals surface area contributed by atoms with Crippen LogP contribution in [-0.2, 0) is 0 Å². The van der Waals surface area contributed by atoms with E-state index < -0.39 is 0 Å². The monoisotopic (exact) mass is 370 g/mol. The summed E-state index contributed by atoms with van der Waals surface area (Å²) in [5.41, 5.74) is 8.58. The van der Waals surface area contributed by atoms with Gasteiger partial charge >= 0.3 is 0 Å². The lowest BCUT2D eigenvalue weighted by Gasteiger charge is -2.11.